The van der Waals surface area contributed by atoms with Crippen LogP contribution in [-0.2, 0) is 6.42 Å². The van der Waals surface area contributed by atoms with Gasteiger partial charge in [-0.1, -0.05) is 24.3 Å². The van der Waals surface area contributed by atoms with Crippen LogP contribution in [0.5, 0.6) is 11.5 Å². The third-order valence-corrected chi connectivity index (χ3v) is 3.84. The predicted octanol–water partition coefficient (Wildman–Crippen LogP) is 3.21. The Bertz CT molecular complexity index is 657. The molecule has 2 aromatic rings. The van der Waals surface area contributed by atoms with E-state index >= 15 is 0 Å². The molecule has 0 aromatic heterocycles. The summed E-state index contributed by atoms with van der Waals surface area (Å²) >= 11 is 0. The zero-order chi connectivity index (χ0) is 14.8. The Balaban J connectivity index is 2.09. The molecule has 110 valence electrons. The molecule has 4 heteroatoms. The topological polar surface area (TPSA) is 44.5 Å². The molecule has 1 atom stereocenters. The number of ether oxygens (including phenoxy) is 2. The van der Waals surface area contributed by atoms with Crippen molar-refractivity contribution in [3.63, 3.8) is 0 Å². The number of aryl methyl sites for hydroxylation is 1. The summed E-state index contributed by atoms with van der Waals surface area (Å²) in [6.45, 7) is 0.672. The molecule has 1 aliphatic rings. The van der Waals surface area contributed by atoms with Crippen molar-refractivity contribution in [1.82, 2.24) is 0 Å². The Morgan fingerprint density at radius 1 is 1.24 bits per heavy atom. The molecular weight excluding hydrogens is 269 g/mol. The van der Waals surface area contributed by atoms with E-state index in [1.165, 1.54) is 13.2 Å². The third-order valence-electron chi connectivity index (χ3n) is 3.84. The van der Waals surface area contributed by atoms with Gasteiger partial charge in [0.1, 0.15) is 17.3 Å². The number of benzene rings is 2. The van der Waals surface area contributed by atoms with Gasteiger partial charge < -0.3 is 15.2 Å². The van der Waals surface area contributed by atoms with E-state index in [4.69, 9.17) is 15.2 Å². The van der Waals surface area contributed by atoms with Crippen molar-refractivity contribution in [3.05, 3.63) is 58.9 Å². The molecule has 21 heavy (non-hydrogen) atoms. The summed E-state index contributed by atoms with van der Waals surface area (Å²) in [6, 6.07) is 9.97. The fourth-order valence-corrected chi connectivity index (χ4v) is 2.81. The summed E-state index contributed by atoms with van der Waals surface area (Å²) in [7, 11) is 1.52. The van der Waals surface area contributed by atoms with Crippen LogP contribution in [0.4, 0.5) is 4.39 Å². The van der Waals surface area contributed by atoms with Crippen LogP contribution in [0, 0.1) is 5.82 Å². The Hall–Kier alpha value is -2.07. The van der Waals surface area contributed by atoms with Crippen LogP contribution in [0.3, 0.4) is 0 Å². The Labute approximate surface area is 123 Å². The quantitative estimate of drug-likeness (QED) is 0.942. The van der Waals surface area contributed by atoms with Gasteiger partial charge in [0.05, 0.1) is 25.3 Å². The van der Waals surface area contributed by atoms with Gasteiger partial charge in [0.15, 0.2) is 0 Å². The molecule has 0 radical (unpaired) electrons. The van der Waals surface area contributed by atoms with Crippen molar-refractivity contribution in [1.29, 1.82) is 0 Å². The zero-order valence-electron chi connectivity index (χ0n) is 11.9. The van der Waals surface area contributed by atoms with Crippen molar-refractivity contribution in [2.45, 2.75) is 18.9 Å². The number of para-hydroxylation sites is 1. The highest BCUT2D eigenvalue weighted by Gasteiger charge is 2.24. The highest BCUT2D eigenvalue weighted by molar-refractivity contribution is 5.50. The molecule has 0 amide bonds. The van der Waals surface area contributed by atoms with Crippen LogP contribution in [0.25, 0.3) is 0 Å². The molecule has 2 N–H and O–H groups in total. The highest BCUT2D eigenvalue weighted by Crippen LogP contribution is 2.38. The monoisotopic (exact) mass is 287 g/mol. The normalized spacial score (nSPS) is 15.0. The molecular formula is C17H18FNO2. The molecule has 0 aliphatic carbocycles. The van der Waals surface area contributed by atoms with E-state index in [0.29, 0.717) is 17.9 Å². The van der Waals surface area contributed by atoms with E-state index < -0.39 is 6.04 Å². The maximum atomic E-state index is 14.2. The van der Waals surface area contributed by atoms with Crippen molar-refractivity contribution < 1.29 is 13.9 Å². The molecule has 1 aliphatic heterocycles. The number of hydrogen-bond acceptors (Lipinski definition) is 3. The van der Waals surface area contributed by atoms with E-state index in [1.54, 1.807) is 12.1 Å². The lowest BCUT2D eigenvalue weighted by atomic mass is 9.93. The molecule has 3 rings (SSSR count). The first-order valence-electron chi connectivity index (χ1n) is 7.05. The smallest absolute Gasteiger partial charge is 0.132 e. The van der Waals surface area contributed by atoms with Crippen LogP contribution >= 0.6 is 0 Å². The first-order valence-corrected chi connectivity index (χ1v) is 7.05. The summed E-state index contributed by atoms with van der Waals surface area (Å²) in [5.74, 6) is 0.882. The summed E-state index contributed by atoms with van der Waals surface area (Å²) in [5.41, 5.74) is 8.61. The molecule has 0 bridgehead atoms. The van der Waals surface area contributed by atoms with Gasteiger partial charge in [-0.3, -0.25) is 0 Å². The van der Waals surface area contributed by atoms with Gasteiger partial charge in [0.2, 0.25) is 0 Å². The van der Waals surface area contributed by atoms with E-state index in [0.717, 1.165) is 29.7 Å². The molecule has 1 heterocycles. The van der Waals surface area contributed by atoms with Gasteiger partial charge in [-0.2, -0.15) is 0 Å². The second kappa shape index (κ2) is 5.74. The Morgan fingerprint density at radius 2 is 2.05 bits per heavy atom. The SMILES string of the molecule is COc1cccc(F)c1C(N)c1cccc2c1OCCC2. The van der Waals surface area contributed by atoms with Crippen LogP contribution in [0.15, 0.2) is 36.4 Å². The number of methoxy groups -OCH3 is 1. The zero-order valence-corrected chi connectivity index (χ0v) is 11.9. The minimum atomic E-state index is -0.616. The van der Waals surface area contributed by atoms with Gasteiger partial charge in [-0.15, -0.1) is 0 Å². The number of halogens is 1. The predicted molar refractivity (Wildman–Crippen MR) is 79.2 cm³/mol. The largest absolute Gasteiger partial charge is 0.496 e. The van der Waals surface area contributed by atoms with Gasteiger partial charge in [-0.05, 0) is 30.5 Å². The summed E-state index contributed by atoms with van der Waals surface area (Å²) in [5, 5.41) is 0. The van der Waals surface area contributed by atoms with Crippen LogP contribution in [-0.4, -0.2) is 13.7 Å². The minimum Gasteiger partial charge on any atom is -0.496 e. The van der Waals surface area contributed by atoms with E-state index in [-0.39, 0.29) is 5.82 Å². The van der Waals surface area contributed by atoms with Crippen molar-refractivity contribution in [2.75, 3.05) is 13.7 Å². The summed E-state index contributed by atoms with van der Waals surface area (Å²) in [4.78, 5) is 0. The first-order chi connectivity index (χ1) is 10.2. The van der Waals surface area contributed by atoms with Gasteiger partial charge in [0, 0.05) is 5.56 Å². The van der Waals surface area contributed by atoms with E-state index in [9.17, 15) is 4.39 Å². The molecule has 1 unspecified atom stereocenters. The maximum Gasteiger partial charge on any atom is 0.132 e. The molecule has 0 fully saturated rings. The standard InChI is InChI=1S/C17H18FNO2/c1-20-14-9-3-8-13(18)15(14)16(19)12-7-2-5-11-6-4-10-21-17(11)12/h2-3,5,7-9,16H,4,6,10,19H2,1H3. The van der Waals surface area contributed by atoms with Crippen LogP contribution in [0.1, 0.15) is 29.2 Å². The van der Waals surface area contributed by atoms with Crippen molar-refractivity contribution in [2.24, 2.45) is 5.73 Å². The van der Waals surface area contributed by atoms with Gasteiger partial charge in [-0.25, -0.2) is 4.39 Å². The first kappa shape index (κ1) is 13.9. The number of rotatable bonds is 3. The lowest BCUT2D eigenvalue weighted by Crippen LogP contribution is -2.19. The fourth-order valence-electron chi connectivity index (χ4n) is 2.81. The average molecular weight is 287 g/mol. The van der Waals surface area contributed by atoms with Crippen LogP contribution < -0.4 is 15.2 Å². The summed E-state index contributed by atoms with van der Waals surface area (Å²) in [6.07, 6.45) is 1.96. The van der Waals surface area contributed by atoms with E-state index in [2.05, 4.69) is 0 Å². The molecule has 0 saturated heterocycles. The lowest BCUT2D eigenvalue weighted by molar-refractivity contribution is 0.284. The Morgan fingerprint density at radius 3 is 2.86 bits per heavy atom. The average Bonchev–Trinajstić information content (AvgIpc) is 2.53. The summed E-state index contributed by atoms with van der Waals surface area (Å²) < 4.78 is 25.2. The molecule has 3 nitrogen and oxygen atoms in total. The second-order valence-corrected chi connectivity index (χ2v) is 5.12. The Kier molecular flexibility index (Phi) is 3.80. The molecule has 0 spiro atoms. The number of fused-ring (bicyclic) bond motifs is 1. The van der Waals surface area contributed by atoms with E-state index in [1.807, 2.05) is 18.2 Å². The van der Waals surface area contributed by atoms with Crippen LogP contribution in [0.2, 0.25) is 0 Å². The number of hydrogen-bond donors (Lipinski definition) is 1. The maximum absolute atomic E-state index is 14.2. The molecule has 0 saturated carbocycles. The minimum absolute atomic E-state index is 0.363. The third kappa shape index (κ3) is 2.47. The fraction of sp³-hybridized carbons (Fsp3) is 0.294. The van der Waals surface area contributed by atoms with Gasteiger partial charge >= 0.3 is 0 Å². The van der Waals surface area contributed by atoms with Crippen molar-refractivity contribution in [3.8, 4) is 11.5 Å². The highest BCUT2D eigenvalue weighted by atomic mass is 19.1. The lowest BCUT2D eigenvalue weighted by Gasteiger charge is -2.24. The molecule has 2 aromatic carbocycles. The number of nitrogens with two attached hydrogens (primary N) is 1. The van der Waals surface area contributed by atoms with Gasteiger partial charge in [0.25, 0.3) is 0 Å². The second-order valence-electron chi connectivity index (χ2n) is 5.12. The van der Waals surface area contributed by atoms with Crippen molar-refractivity contribution >= 4 is 0 Å².